The van der Waals surface area contributed by atoms with Crippen molar-refractivity contribution in [3.8, 4) is 0 Å². The second-order valence-corrected chi connectivity index (χ2v) is 8.20. The van der Waals surface area contributed by atoms with E-state index in [0.717, 1.165) is 32.5 Å². The molecule has 2 aliphatic heterocycles. The van der Waals surface area contributed by atoms with E-state index in [4.69, 9.17) is 0 Å². The first-order chi connectivity index (χ1) is 14.0. The lowest BCUT2D eigenvalue weighted by Crippen LogP contribution is -2.48. The minimum absolute atomic E-state index is 0.00212. The number of carbonyl (C=O) groups excluding carboxylic acids is 2. The molecule has 0 aliphatic carbocycles. The van der Waals surface area contributed by atoms with E-state index in [-0.39, 0.29) is 35.2 Å². The lowest BCUT2D eigenvalue weighted by molar-refractivity contribution is 0.0861. The van der Waals surface area contributed by atoms with Crippen LogP contribution in [0.3, 0.4) is 0 Å². The molecule has 1 aromatic carbocycles. The fourth-order valence-electron chi connectivity index (χ4n) is 4.00. The summed E-state index contributed by atoms with van der Waals surface area (Å²) in [5, 5.41) is 13.8. The number of nitrogens with one attached hydrogen (secondary N) is 2. The standard InChI is InChI=1S/C21H28N6O2/c1-14(2)17-13-27-19(21(29)23-17)18(24-25-27)20(28)22-9-5-10-26-11-8-15-6-3-4-7-16(15)12-26/h3-4,6-7,14,17H,5,8-13H2,1-2H3,(H,22,28)(H,23,29)/t17-/m1/s1. The van der Waals surface area contributed by atoms with Crippen LogP contribution in [0, 0.1) is 5.92 Å². The third kappa shape index (κ3) is 4.17. The number of fused-ring (bicyclic) bond motifs is 2. The SMILES string of the molecule is CC(C)[C@H]1Cn2nnc(C(=O)NCCCN3CCc4ccccc4C3)c2C(=O)N1. The second-order valence-electron chi connectivity index (χ2n) is 8.20. The topological polar surface area (TPSA) is 92.2 Å². The maximum absolute atomic E-state index is 12.5. The van der Waals surface area contributed by atoms with Gasteiger partial charge in [0.2, 0.25) is 0 Å². The summed E-state index contributed by atoms with van der Waals surface area (Å²) in [6.45, 7) is 8.09. The van der Waals surface area contributed by atoms with Gasteiger partial charge >= 0.3 is 0 Å². The lowest BCUT2D eigenvalue weighted by Gasteiger charge is -2.28. The molecule has 3 heterocycles. The number of rotatable bonds is 6. The first-order valence-corrected chi connectivity index (χ1v) is 10.3. The average Bonchev–Trinajstić information content (AvgIpc) is 3.15. The van der Waals surface area contributed by atoms with Gasteiger partial charge in [0.1, 0.15) is 0 Å². The van der Waals surface area contributed by atoms with Crippen LogP contribution in [-0.2, 0) is 19.5 Å². The predicted octanol–water partition coefficient (Wildman–Crippen LogP) is 1.22. The lowest BCUT2D eigenvalue weighted by atomic mass is 10.00. The van der Waals surface area contributed by atoms with Crippen molar-refractivity contribution in [1.29, 1.82) is 0 Å². The Morgan fingerprint density at radius 1 is 1.31 bits per heavy atom. The Morgan fingerprint density at radius 2 is 2.10 bits per heavy atom. The molecule has 1 aromatic heterocycles. The average molecular weight is 396 g/mol. The Bertz CT molecular complexity index is 906. The number of carbonyl (C=O) groups is 2. The quantitative estimate of drug-likeness (QED) is 0.717. The molecular formula is C21H28N6O2. The third-order valence-corrected chi connectivity index (χ3v) is 5.80. The van der Waals surface area contributed by atoms with Gasteiger partial charge in [-0.3, -0.25) is 14.5 Å². The Morgan fingerprint density at radius 3 is 2.90 bits per heavy atom. The van der Waals surface area contributed by atoms with Crippen LogP contribution in [0.1, 0.15) is 52.4 Å². The van der Waals surface area contributed by atoms with E-state index in [1.807, 2.05) is 13.8 Å². The zero-order valence-corrected chi connectivity index (χ0v) is 17.0. The smallest absolute Gasteiger partial charge is 0.274 e. The molecule has 29 heavy (non-hydrogen) atoms. The van der Waals surface area contributed by atoms with E-state index in [1.54, 1.807) is 4.68 Å². The van der Waals surface area contributed by atoms with E-state index in [9.17, 15) is 9.59 Å². The van der Waals surface area contributed by atoms with Crippen molar-refractivity contribution in [3.63, 3.8) is 0 Å². The predicted molar refractivity (Wildman–Crippen MR) is 108 cm³/mol. The van der Waals surface area contributed by atoms with E-state index in [0.29, 0.717) is 13.1 Å². The first kappa shape index (κ1) is 19.6. The molecular weight excluding hydrogens is 368 g/mol. The van der Waals surface area contributed by atoms with Gasteiger partial charge < -0.3 is 10.6 Å². The van der Waals surface area contributed by atoms with Crippen LogP contribution < -0.4 is 10.6 Å². The molecule has 1 atom stereocenters. The van der Waals surface area contributed by atoms with Crippen LogP contribution in [0.2, 0.25) is 0 Å². The monoisotopic (exact) mass is 396 g/mol. The molecule has 2 amide bonds. The van der Waals surface area contributed by atoms with Gasteiger partial charge in [-0.05, 0) is 29.9 Å². The normalized spacial score (nSPS) is 18.9. The van der Waals surface area contributed by atoms with Gasteiger partial charge in [0.15, 0.2) is 11.4 Å². The van der Waals surface area contributed by atoms with E-state index in [2.05, 4.69) is 50.1 Å². The highest BCUT2D eigenvalue weighted by Gasteiger charge is 2.32. The summed E-state index contributed by atoms with van der Waals surface area (Å²) in [5.74, 6) is -0.333. The highest BCUT2D eigenvalue weighted by Crippen LogP contribution is 2.18. The minimum Gasteiger partial charge on any atom is -0.351 e. The largest absolute Gasteiger partial charge is 0.351 e. The van der Waals surface area contributed by atoms with Crippen molar-refractivity contribution in [2.75, 3.05) is 19.6 Å². The highest BCUT2D eigenvalue weighted by atomic mass is 16.2. The molecule has 8 nitrogen and oxygen atoms in total. The van der Waals surface area contributed by atoms with E-state index in [1.165, 1.54) is 11.1 Å². The summed E-state index contributed by atoms with van der Waals surface area (Å²) in [6.07, 6.45) is 1.92. The van der Waals surface area contributed by atoms with Gasteiger partial charge in [-0.15, -0.1) is 5.10 Å². The number of hydrogen-bond acceptors (Lipinski definition) is 5. The van der Waals surface area contributed by atoms with Crippen LogP contribution in [-0.4, -0.2) is 57.4 Å². The van der Waals surface area contributed by atoms with Crippen molar-refractivity contribution in [2.45, 2.75) is 45.8 Å². The van der Waals surface area contributed by atoms with Gasteiger partial charge in [-0.25, -0.2) is 4.68 Å². The molecule has 2 aliphatic rings. The van der Waals surface area contributed by atoms with Gasteiger partial charge in [-0.1, -0.05) is 43.3 Å². The Labute approximate surface area is 170 Å². The fourth-order valence-corrected chi connectivity index (χ4v) is 4.00. The zero-order chi connectivity index (χ0) is 20.4. The molecule has 0 saturated heterocycles. The molecule has 0 bridgehead atoms. The fraction of sp³-hybridized carbons (Fsp3) is 0.524. The summed E-state index contributed by atoms with van der Waals surface area (Å²) < 4.78 is 1.55. The van der Waals surface area contributed by atoms with Gasteiger partial charge in [0.05, 0.1) is 12.6 Å². The molecule has 154 valence electrons. The summed E-state index contributed by atoms with van der Waals surface area (Å²) in [6, 6.07) is 8.57. The van der Waals surface area contributed by atoms with Crippen molar-refractivity contribution in [2.24, 2.45) is 5.92 Å². The number of nitrogens with zero attached hydrogens (tertiary/aromatic N) is 4. The summed E-state index contributed by atoms with van der Waals surface area (Å²) in [7, 11) is 0. The minimum atomic E-state index is -0.339. The summed E-state index contributed by atoms with van der Waals surface area (Å²) in [4.78, 5) is 27.4. The van der Waals surface area contributed by atoms with Gasteiger partial charge in [0, 0.05) is 26.2 Å². The van der Waals surface area contributed by atoms with Gasteiger partial charge in [0.25, 0.3) is 11.8 Å². The van der Waals surface area contributed by atoms with E-state index < -0.39 is 0 Å². The molecule has 2 aromatic rings. The van der Waals surface area contributed by atoms with Gasteiger partial charge in [-0.2, -0.15) is 0 Å². The van der Waals surface area contributed by atoms with Crippen LogP contribution in [0.4, 0.5) is 0 Å². The van der Waals surface area contributed by atoms with E-state index >= 15 is 0 Å². The maximum Gasteiger partial charge on any atom is 0.274 e. The molecule has 8 heteroatoms. The van der Waals surface area contributed by atoms with Crippen LogP contribution in [0.5, 0.6) is 0 Å². The highest BCUT2D eigenvalue weighted by molar-refractivity contribution is 6.05. The molecule has 0 saturated carbocycles. The van der Waals surface area contributed by atoms with Crippen molar-refractivity contribution in [3.05, 3.63) is 46.8 Å². The number of hydrogen-bond donors (Lipinski definition) is 2. The molecule has 0 unspecified atom stereocenters. The Kier molecular flexibility index (Phi) is 5.62. The molecule has 4 rings (SSSR count). The Hall–Kier alpha value is -2.74. The summed E-state index contributed by atoms with van der Waals surface area (Å²) in [5.41, 5.74) is 3.19. The third-order valence-electron chi connectivity index (χ3n) is 5.80. The number of aromatic nitrogens is 3. The van der Waals surface area contributed by atoms with Crippen molar-refractivity contribution in [1.82, 2.24) is 30.5 Å². The first-order valence-electron chi connectivity index (χ1n) is 10.3. The van der Waals surface area contributed by atoms with Crippen LogP contribution in [0.15, 0.2) is 24.3 Å². The van der Waals surface area contributed by atoms with Crippen LogP contribution in [0.25, 0.3) is 0 Å². The molecule has 2 N–H and O–H groups in total. The zero-order valence-electron chi connectivity index (χ0n) is 17.0. The van der Waals surface area contributed by atoms with Crippen molar-refractivity contribution < 1.29 is 9.59 Å². The number of benzene rings is 1. The Balaban J connectivity index is 1.28. The molecule has 0 spiro atoms. The number of amides is 2. The van der Waals surface area contributed by atoms with Crippen LogP contribution >= 0.6 is 0 Å². The van der Waals surface area contributed by atoms with Crippen molar-refractivity contribution >= 4 is 11.8 Å². The molecule has 0 fully saturated rings. The summed E-state index contributed by atoms with van der Waals surface area (Å²) >= 11 is 0. The maximum atomic E-state index is 12.5. The molecule has 0 radical (unpaired) electrons. The second kappa shape index (κ2) is 8.32.